The Hall–Kier alpha value is -1.43. The van der Waals surface area contributed by atoms with Crippen LogP contribution in [0.4, 0.5) is 0 Å². The number of ether oxygens (including phenoxy) is 2. The van der Waals surface area contributed by atoms with Crippen LogP contribution in [-0.4, -0.2) is 60.5 Å². The predicted octanol–water partition coefficient (Wildman–Crippen LogP) is 2.41. The van der Waals surface area contributed by atoms with Crippen LogP contribution in [0.2, 0.25) is 0 Å². The molecule has 1 aliphatic heterocycles. The lowest BCUT2D eigenvalue weighted by atomic mass is 9.79. The lowest BCUT2D eigenvalue weighted by molar-refractivity contribution is -0.0992. The van der Waals surface area contributed by atoms with Crippen molar-refractivity contribution in [2.24, 2.45) is 0 Å². The quantitative estimate of drug-likeness (QED) is 0.858. The fourth-order valence-electron chi connectivity index (χ4n) is 4.47. The van der Waals surface area contributed by atoms with Gasteiger partial charge in [-0.2, -0.15) is 0 Å². The summed E-state index contributed by atoms with van der Waals surface area (Å²) in [5, 5.41) is 9.01. The Balaban J connectivity index is 1.82. The summed E-state index contributed by atoms with van der Waals surface area (Å²) >= 11 is 0. The molecule has 0 bridgehead atoms. The summed E-state index contributed by atoms with van der Waals surface area (Å²) in [7, 11) is 1.76. The highest BCUT2D eigenvalue weighted by atomic mass is 16.5. The van der Waals surface area contributed by atoms with Gasteiger partial charge in [-0.3, -0.25) is 4.79 Å². The SMILES string of the molecule is CCc1ccccc1C(=O)N1CC[C@]2(OC)CC[C@H](OCCO)C[C@H]12. The molecule has 1 saturated carbocycles. The molecule has 0 unspecified atom stereocenters. The number of nitrogens with zero attached hydrogens (tertiary/aromatic N) is 1. The Morgan fingerprint density at radius 3 is 2.88 bits per heavy atom. The summed E-state index contributed by atoms with van der Waals surface area (Å²) in [6.07, 6.45) is 4.38. The molecule has 2 fully saturated rings. The van der Waals surface area contributed by atoms with E-state index < -0.39 is 0 Å². The van der Waals surface area contributed by atoms with Gasteiger partial charge in [-0.15, -0.1) is 0 Å². The van der Waals surface area contributed by atoms with Crippen LogP contribution in [0.5, 0.6) is 0 Å². The molecular weight excluding hydrogens is 318 g/mol. The summed E-state index contributed by atoms with van der Waals surface area (Å²) in [6.45, 7) is 3.18. The summed E-state index contributed by atoms with van der Waals surface area (Å²) in [5.74, 6) is 0.101. The minimum atomic E-state index is -0.254. The Morgan fingerprint density at radius 1 is 1.36 bits per heavy atom. The summed E-state index contributed by atoms with van der Waals surface area (Å²) in [6, 6.07) is 7.91. The van der Waals surface area contributed by atoms with E-state index in [2.05, 4.69) is 6.92 Å². The summed E-state index contributed by atoms with van der Waals surface area (Å²) in [4.78, 5) is 15.2. The Kier molecular flexibility index (Phi) is 5.77. The van der Waals surface area contributed by atoms with E-state index in [9.17, 15) is 4.79 Å². The molecule has 1 aromatic rings. The van der Waals surface area contributed by atoms with Crippen molar-refractivity contribution >= 4 is 5.91 Å². The molecule has 2 aliphatic rings. The zero-order valence-electron chi connectivity index (χ0n) is 15.2. The van der Waals surface area contributed by atoms with Crippen molar-refractivity contribution in [1.82, 2.24) is 4.90 Å². The molecule has 0 radical (unpaired) electrons. The van der Waals surface area contributed by atoms with E-state index >= 15 is 0 Å². The van der Waals surface area contributed by atoms with Crippen molar-refractivity contribution in [3.8, 4) is 0 Å². The minimum Gasteiger partial charge on any atom is -0.394 e. The van der Waals surface area contributed by atoms with Crippen molar-refractivity contribution in [2.75, 3.05) is 26.9 Å². The molecule has 1 aliphatic carbocycles. The maximum Gasteiger partial charge on any atom is 0.254 e. The van der Waals surface area contributed by atoms with Crippen LogP contribution >= 0.6 is 0 Å². The second-order valence-electron chi connectivity index (χ2n) is 7.03. The summed E-state index contributed by atoms with van der Waals surface area (Å²) in [5.41, 5.74) is 1.64. The Morgan fingerprint density at radius 2 is 2.16 bits per heavy atom. The average molecular weight is 347 g/mol. The molecule has 1 amide bonds. The predicted molar refractivity (Wildman–Crippen MR) is 95.7 cm³/mol. The number of amides is 1. The Labute approximate surface area is 149 Å². The number of hydrogen-bond acceptors (Lipinski definition) is 4. The highest BCUT2D eigenvalue weighted by Crippen LogP contribution is 2.43. The van der Waals surface area contributed by atoms with Gasteiger partial charge in [0.25, 0.3) is 5.91 Å². The first kappa shape index (κ1) is 18.4. The molecule has 3 atom stereocenters. The number of aryl methyl sites for hydroxylation is 1. The topological polar surface area (TPSA) is 59.0 Å². The molecule has 1 N–H and O–H groups in total. The summed E-state index contributed by atoms with van der Waals surface area (Å²) < 4.78 is 11.7. The van der Waals surface area contributed by atoms with E-state index in [0.717, 1.165) is 49.8 Å². The van der Waals surface area contributed by atoms with Crippen molar-refractivity contribution < 1.29 is 19.4 Å². The van der Waals surface area contributed by atoms with Gasteiger partial charge < -0.3 is 19.5 Å². The maximum absolute atomic E-state index is 13.2. The van der Waals surface area contributed by atoms with E-state index in [1.165, 1.54) is 0 Å². The second kappa shape index (κ2) is 7.85. The van der Waals surface area contributed by atoms with Crippen molar-refractivity contribution in [1.29, 1.82) is 0 Å². The monoisotopic (exact) mass is 347 g/mol. The number of hydrogen-bond donors (Lipinski definition) is 1. The fourth-order valence-corrected chi connectivity index (χ4v) is 4.47. The van der Waals surface area contributed by atoms with Crippen LogP contribution < -0.4 is 0 Å². The van der Waals surface area contributed by atoms with Crippen molar-refractivity contribution in [3.63, 3.8) is 0 Å². The van der Waals surface area contributed by atoms with E-state index in [-0.39, 0.29) is 30.3 Å². The number of methoxy groups -OCH3 is 1. The smallest absolute Gasteiger partial charge is 0.254 e. The molecule has 5 heteroatoms. The second-order valence-corrected chi connectivity index (χ2v) is 7.03. The van der Waals surface area contributed by atoms with Crippen LogP contribution in [0.1, 0.15) is 48.5 Å². The zero-order chi connectivity index (χ0) is 17.9. The molecule has 3 rings (SSSR count). The fraction of sp³-hybridized carbons (Fsp3) is 0.650. The van der Waals surface area contributed by atoms with Gasteiger partial charge in [0.05, 0.1) is 31.0 Å². The molecule has 138 valence electrons. The number of benzene rings is 1. The van der Waals surface area contributed by atoms with Gasteiger partial charge in [0.15, 0.2) is 0 Å². The van der Waals surface area contributed by atoms with Crippen LogP contribution in [0.3, 0.4) is 0 Å². The largest absolute Gasteiger partial charge is 0.394 e. The third kappa shape index (κ3) is 3.46. The lowest BCUT2D eigenvalue weighted by Gasteiger charge is -2.43. The molecule has 0 aromatic heterocycles. The van der Waals surface area contributed by atoms with Crippen molar-refractivity contribution in [2.45, 2.75) is 56.8 Å². The van der Waals surface area contributed by atoms with E-state index in [1.54, 1.807) is 7.11 Å². The zero-order valence-corrected chi connectivity index (χ0v) is 15.2. The average Bonchev–Trinajstić information content (AvgIpc) is 3.05. The first-order valence-electron chi connectivity index (χ1n) is 9.31. The standard InChI is InChI=1S/C20H29NO4/c1-3-15-6-4-5-7-17(15)19(23)21-11-10-20(24-2)9-8-16(14-18(20)21)25-13-12-22/h4-7,16,18,22H,3,8-14H2,1-2H3/t16-,18-,20+/m0/s1. The Bertz CT molecular complexity index is 605. The molecule has 25 heavy (non-hydrogen) atoms. The van der Waals surface area contributed by atoms with Crippen LogP contribution in [0.15, 0.2) is 24.3 Å². The lowest BCUT2D eigenvalue weighted by Crippen LogP contribution is -2.53. The molecule has 1 aromatic carbocycles. The van der Waals surface area contributed by atoms with Gasteiger partial charge in [-0.1, -0.05) is 25.1 Å². The van der Waals surface area contributed by atoms with Crippen molar-refractivity contribution in [3.05, 3.63) is 35.4 Å². The first-order chi connectivity index (χ1) is 12.1. The van der Waals surface area contributed by atoms with Gasteiger partial charge >= 0.3 is 0 Å². The highest BCUT2D eigenvalue weighted by molar-refractivity contribution is 5.96. The van der Waals surface area contributed by atoms with Gasteiger partial charge in [-0.05, 0) is 43.7 Å². The number of aliphatic hydroxyl groups is 1. The van der Waals surface area contributed by atoms with Gasteiger partial charge in [0, 0.05) is 19.2 Å². The maximum atomic E-state index is 13.2. The number of carbonyl (C=O) groups excluding carboxylic acids is 1. The van der Waals surface area contributed by atoms with Crippen LogP contribution in [0.25, 0.3) is 0 Å². The number of carbonyl (C=O) groups is 1. The third-order valence-electron chi connectivity index (χ3n) is 5.88. The molecule has 1 saturated heterocycles. The van der Waals surface area contributed by atoms with Crippen LogP contribution in [-0.2, 0) is 15.9 Å². The number of likely N-dealkylation sites (tertiary alicyclic amines) is 1. The van der Waals surface area contributed by atoms with Crippen LogP contribution in [0, 0.1) is 0 Å². The minimum absolute atomic E-state index is 0.0309. The molecule has 1 heterocycles. The van der Waals surface area contributed by atoms with E-state index in [0.29, 0.717) is 6.61 Å². The first-order valence-corrected chi connectivity index (χ1v) is 9.31. The molecular formula is C20H29NO4. The molecule has 5 nitrogen and oxygen atoms in total. The van der Waals surface area contributed by atoms with Gasteiger partial charge in [0.2, 0.25) is 0 Å². The van der Waals surface area contributed by atoms with Gasteiger partial charge in [0.1, 0.15) is 0 Å². The third-order valence-corrected chi connectivity index (χ3v) is 5.88. The van der Waals surface area contributed by atoms with E-state index in [1.807, 2.05) is 29.2 Å². The normalized spacial score (nSPS) is 28.8. The number of rotatable bonds is 6. The number of fused-ring (bicyclic) bond motifs is 1. The number of aliphatic hydroxyl groups excluding tert-OH is 1. The highest BCUT2D eigenvalue weighted by Gasteiger charge is 2.52. The van der Waals surface area contributed by atoms with E-state index in [4.69, 9.17) is 14.6 Å². The molecule has 0 spiro atoms. The van der Waals surface area contributed by atoms with Gasteiger partial charge in [-0.25, -0.2) is 0 Å².